The minimum absolute atomic E-state index is 0.126. The quantitative estimate of drug-likeness (QED) is 0.540. The van der Waals surface area contributed by atoms with Crippen LogP contribution in [0.25, 0.3) is 11.0 Å². The highest BCUT2D eigenvalue weighted by molar-refractivity contribution is 7.99. The van der Waals surface area contributed by atoms with Gasteiger partial charge in [-0.3, -0.25) is 4.79 Å². The van der Waals surface area contributed by atoms with Crippen molar-refractivity contribution in [3.8, 4) is 0 Å². The molecular weight excluding hydrogens is 394 g/mol. The van der Waals surface area contributed by atoms with Crippen LogP contribution in [-0.2, 0) is 17.0 Å². The fourth-order valence-corrected chi connectivity index (χ4v) is 4.30. The Balaban J connectivity index is 1.68. The van der Waals surface area contributed by atoms with Gasteiger partial charge in [0.2, 0.25) is 5.91 Å². The molecule has 28 heavy (non-hydrogen) atoms. The van der Waals surface area contributed by atoms with Crippen molar-refractivity contribution in [1.29, 1.82) is 0 Å². The van der Waals surface area contributed by atoms with E-state index in [1.807, 2.05) is 44.2 Å². The molecule has 6 heteroatoms. The summed E-state index contributed by atoms with van der Waals surface area (Å²) in [7, 11) is 0. The number of amides is 1. The molecule has 1 heterocycles. The average Bonchev–Trinajstić information content (AvgIpc) is 2.63. The Morgan fingerprint density at radius 2 is 1.96 bits per heavy atom. The SMILES string of the molecule is CCc1ccc2c(CSCC(=O)Nc3c(C)cc(C)cc3Cl)cc(=O)oc2c1. The van der Waals surface area contributed by atoms with Crippen molar-refractivity contribution in [2.75, 3.05) is 11.1 Å². The van der Waals surface area contributed by atoms with Crippen LogP contribution >= 0.6 is 23.4 Å². The molecule has 0 unspecified atom stereocenters. The van der Waals surface area contributed by atoms with Gasteiger partial charge in [0.05, 0.1) is 16.5 Å². The standard InChI is InChI=1S/C22H22ClNO3S/c1-4-15-5-6-17-16(10-21(26)27-19(17)9-15)11-28-12-20(25)24-22-14(3)7-13(2)8-18(22)23/h5-10H,4,11-12H2,1-3H3,(H,24,25). The topological polar surface area (TPSA) is 59.3 Å². The monoisotopic (exact) mass is 415 g/mol. The number of benzene rings is 2. The fraction of sp³-hybridized carbons (Fsp3) is 0.273. The molecule has 146 valence electrons. The highest BCUT2D eigenvalue weighted by Crippen LogP contribution is 2.28. The normalized spacial score (nSPS) is 11.0. The second-order valence-electron chi connectivity index (χ2n) is 6.75. The second kappa shape index (κ2) is 8.84. The van der Waals surface area contributed by atoms with Crippen molar-refractivity contribution in [3.63, 3.8) is 0 Å². The van der Waals surface area contributed by atoms with Crippen LogP contribution in [0.15, 0.2) is 45.6 Å². The van der Waals surface area contributed by atoms with Crippen LogP contribution in [0.5, 0.6) is 0 Å². The lowest BCUT2D eigenvalue weighted by Gasteiger charge is -2.12. The van der Waals surface area contributed by atoms with E-state index in [9.17, 15) is 9.59 Å². The number of carbonyl (C=O) groups is 1. The Morgan fingerprint density at radius 3 is 2.68 bits per heavy atom. The maximum Gasteiger partial charge on any atom is 0.336 e. The van der Waals surface area contributed by atoms with Crippen LogP contribution in [0.4, 0.5) is 5.69 Å². The van der Waals surface area contributed by atoms with E-state index < -0.39 is 0 Å². The van der Waals surface area contributed by atoms with E-state index in [0.29, 0.717) is 22.0 Å². The highest BCUT2D eigenvalue weighted by Gasteiger charge is 2.11. The zero-order chi connectivity index (χ0) is 20.3. The largest absolute Gasteiger partial charge is 0.423 e. The molecule has 1 aromatic heterocycles. The summed E-state index contributed by atoms with van der Waals surface area (Å²) in [6, 6.07) is 11.2. The zero-order valence-electron chi connectivity index (χ0n) is 16.1. The van der Waals surface area contributed by atoms with Gasteiger partial charge in [0.1, 0.15) is 5.58 Å². The Labute approximate surface area is 173 Å². The van der Waals surface area contributed by atoms with Crippen LogP contribution < -0.4 is 10.9 Å². The molecule has 4 nitrogen and oxygen atoms in total. The van der Waals surface area contributed by atoms with Crippen LogP contribution in [0.2, 0.25) is 5.02 Å². The van der Waals surface area contributed by atoms with Gasteiger partial charge in [0, 0.05) is 17.2 Å². The molecule has 0 aliphatic heterocycles. The second-order valence-corrected chi connectivity index (χ2v) is 8.15. The van der Waals surface area contributed by atoms with E-state index in [4.69, 9.17) is 16.0 Å². The predicted octanol–water partition coefficient (Wildman–Crippen LogP) is 5.50. The first kappa shape index (κ1) is 20.5. The molecular formula is C22H22ClNO3S. The molecule has 2 aromatic carbocycles. The Morgan fingerprint density at radius 1 is 1.18 bits per heavy atom. The first-order valence-electron chi connectivity index (χ1n) is 9.07. The van der Waals surface area contributed by atoms with Crippen molar-refractivity contribution < 1.29 is 9.21 Å². The summed E-state index contributed by atoms with van der Waals surface area (Å²) in [6.07, 6.45) is 0.875. The number of fused-ring (bicyclic) bond motifs is 1. The predicted molar refractivity (Wildman–Crippen MR) is 118 cm³/mol. The molecule has 3 aromatic rings. The smallest absolute Gasteiger partial charge is 0.336 e. The lowest BCUT2D eigenvalue weighted by molar-refractivity contribution is -0.113. The van der Waals surface area contributed by atoms with E-state index in [0.717, 1.165) is 34.1 Å². The third kappa shape index (κ3) is 4.78. The van der Waals surface area contributed by atoms with Gasteiger partial charge in [-0.05, 0) is 54.7 Å². The molecule has 0 spiro atoms. The Bertz CT molecular complexity index is 1070. The lowest BCUT2D eigenvalue weighted by Crippen LogP contribution is -2.15. The van der Waals surface area contributed by atoms with Crippen LogP contribution in [0.1, 0.15) is 29.2 Å². The summed E-state index contributed by atoms with van der Waals surface area (Å²) < 4.78 is 5.33. The molecule has 1 amide bonds. The summed E-state index contributed by atoms with van der Waals surface area (Å²) in [5.41, 5.74) is 4.84. The van der Waals surface area contributed by atoms with Crippen LogP contribution in [-0.4, -0.2) is 11.7 Å². The van der Waals surface area contributed by atoms with Gasteiger partial charge in [-0.2, -0.15) is 0 Å². The van der Waals surface area contributed by atoms with E-state index in [1.54, 1.807) is 0 Å². The number of hydrogen-bond donors (Lipinski definition) is 1. The third-order valence-electron chi connectivity index (χ3n) is 4.49. The molecule has 0 saturated carbocycles. The maximum atomic E-state index is 12.3. The molecule has 0 aliphatic carbocycles. The van der Waals surface area contributed by atoms with E-state index in [1.165, 1.54) is 17.8 Å². The van der Waals surface area contributed by atoms with Crippen molar-refractivity contribution in [2.45, 2.75) is 32.9 Å². The summed E-state index contributed by atoms with van der Waals surface area (Å²) >= 11 is 7.70. The van der Waals surface area contributed by atoms with Gasteiger partial charge >= 0.3 is 5.63 Å². The van der Waals surface area contributed by atoms with Gasteiger partial charge in [-0.25, -0.2) is 4.79 Å². The average molecular weight is 416 g/mol. The molecule has 0 fully saturated rings. The zero-order valence-corrected chi connectivity index (χ0v) is 17.7. The number of thioether (sulfide) groups is 1. The molecule has 0 radical (unpaired) electrons. The summed E-state index contributed by atoms with van der Waals surface area (Å²) in [5, 5.41) is 4.32. The number of aryl methyl sites for hydroxylation is 3. The van der Waals surface area contributed by atoms with Gasteiger partial charge < -0.3 is 9.73 Å². The fourth-order valence-electron chi connectivity index (χ4n) is 3.12. The number of rotatable bonds is 6. The van der Waals surface area contributed by atoms with Gasteiger partial charge in [0.25, 0.3) is 0 Å². The first-order valence-corrected chi connectivity index (χ1v) is 10.6. The van der Waals surface area contributed by atoms with Gasteiger partial charge in [-0.15, -0.1) is 11.8 Å². The minimum atomic E-state index is -0.372. The summed E-state index contributed by atoms with van der Waals surface area (Å²) in [4.78, 5) is 24.2. The number of anilines is 1. The molecule has 1 N–H and O–H groups in total. The summed E-state index contributed by atoms with van der Waals surface area (Å²) in [6.45, 7) is 5.94. The number of halogens is 1. The van der Waals surface area contributed by atoms with E-state index >= 15 is 0 Å². The van der Waals surface area contributed by atoms with E-state index in [2.05, 4.69) is 12.2 Å². The maximum absolute atomic E-state index is 12.3. The van der Waals surface area contributed by atoms with Crippen molar-refractivity contribution in [2.24, 2.45) is 0 Å². The Kier molecular flexibility index (Phi) is 6.47. The molecule has 0 aliphatic rings. The lowest BCUT2D eigenvalue weighted by atomic mass is 10.1. The van der Waals surface area contributed by atoms with Crippen molar-refractivity contribution in [1.82, 2.24) is 0 Å². The highest BCUT2D eigenvalue weighted by atomic mass is 35.5. The Hall–Kier alpha value is -2.24. The third-order valence-corrected chi connectivity index (χ3v) is 5.77. The molecule has 0 atom stereocenters. The number of nitrogens with one attached hydrogen (secondary N) is 1. The number of hydrogen-bond acceptors (Lipinski definition) is 4. The molecule has 0 bridgehead atoms. The first-order chi connectivity index (χ1) is 13.4. The van der Waals surface area contributed by atoms with E-state index in [-0.39, 0.29) is 17.3 Å². The van der Waals surface area contributed by atoms with Crippen molar-refractivity contribution >= 4 is 45.9 Å². The minimum Gasteiger partial charge on any atom is -0.423 e. The van der Waals surface area contributed by atoms with Crippen LogP contribution in [0, 0.1) is 13.8 Å². The molecule has 0 saturated heterocycles. The molecule has 3 rings (SSSR count). The van der Waals surface area contributed by atoms with Gasteiger partial charge in [-0.1, -0.05) is 36.7 Å². The van der Waals surface area contributed by atoms with Gasteiger partial charge in [0.15, 0.2) is 0 Å². The number of carbonyl (C=O) groups excluding carboxylic acids is 1. The van der Waals surface area contributed by atoms with Crippen LogP contribution in [0.3, 0.4) is 0 Å². The summed E-state index contributed by atoms with van der Waals surface area (Å²) in [5.74, 6) is 0.680. The van der Waals surface area contributed by atoms with Crippen molar-refractivity contribution in [3.05, 3.63) is 74.1 Å².